The number of aliphatic hydroxyl groups excluding tert-OH is 4. The number of aliphatic imine (C=N–C) groups is 1. The Balaban J connectivity index is 0.000000462. The van der Waals surface area contributed by atoms with Crippen LogP contribution in [0.4, 0.5) is 0 Å². The first-order valence-corrected chi connectivity index (χ1v) is 36.5. The maximum absolute atomic E-state index is 12.3. The molecule has 112 heavy (non-hydrogen) atoms. The van der Waals surface area contributed by atoms with Gasteiger partial charge in [-0.2, -0.15) is 0 Å². The summed E-state index contributed by atoms with van der Waals surface area (Å²) in [7, 11) is 0. The molecule has 33 heteroatoms. The van der Waals surface area contributed by atoms with Gasteiger partial charge < -0.3 is 129 Å². The van der Waals surface area contributed by atoms with Crippen molar-refractivity contribution in [3.8, 4) is 0 Å². The molecular weight excluding hydrogens is 1440 g/mol. The minimum atomic E-state index is -0.570. The van der Waals surface area contributed by atoms with E-state index in [9.17, 15) is 38.4 Å². The van der Waals surface area contributed by atoms with Gasteiger partial charge in [0.25, 0.3) is 35.4 Å². The van der Waals surface area contributed by atoms with Gasteiger partial charge in [0.15, 0.2) is 5.96 Å². The molecule has 610 valence electrons. The lowest BCUT2D eigenvalue weighted by atomic mass is 10.1. The first-order valence-electron chi connectivity index (χ1n) is 36.5. The van der Waals surface area contributed by atoms with Crippen molar-refractivity contribution in [2.24, 2.45) is 62.3 Å². The molecule has 0 saturated carbocycles. The number of nitrogens with one attached hydrogen (secondary N) is 7. The fraction of sp³-hybridized carbons (Fsp3) is 0.354. The maximum atomic E-state index is 12.3. The van der Waals surface area contributed by atoms with Crippen molar-refractivity contribution in [1.82, 2.24) is 42.1 Å². The lowest BCUT2D eigenvalue weighted by molar-refractivity contribution is 0.0422. The molecule has 0 atom stereocenters. The van der Waals surface area contributed by atoms with Crippen LogP contribution in [0.2, 0.25) is 0 Å². The number of hydrogen-bond acceptors (Lipinski definition) is 27. The number of fused-ring (bicyclic) bond motifs is 1. The van der Waals surface area contributed by atoms with Gasteiger partial charge in [0, 0.05) is 164 Å². The topological polar surface area (TPSA) is 596 Å². The van der Waals surface area contributed by atoms with Crippen LogP contribution >= 0.6 is 0 Å². The van der Waals surface area contributed by atoms with Crippen LogP contribution in [-0.2, 0) is 48.7 Å². The largest absolute Gasteiger partial charge is 0.460 e. The standard InChI is InChI=1S/C24H26N4O2.C12H18N4O2.C12H17N3O3.C12H14O6.C8H12N2.C7H13N3.C2H8N2.C2H7NO/c25-13-17-1-5-19(6-2-17)15-27-23(29)21-9-11-22(12-10-21)24(30)28-16-20-7-3-18(14-26)4-8-20;13-5-7-15-11(17)9-1-2-10(4-3-9)12(18)16-8-6-14;13-5-6-14-11(17)9-1-3-10(4-2-9)12(18)15-7-8-16;13-5-7-17-11(15)9-1-2-10(4-3-9)12(16)18-8-6-14;9-5-7-1-2-8(6-10)4-3-7;1-3-8-7-9-4-2-6-10(7)5-1;2*3-1-2-4/h1-12H,13-16,25-26H2,(H,27,29)(H,28,30);1-4H,5-8,13-14H2,(H,15,17)(H,16,18);1-4,16H,5-8,13H2,(H,14,17)(H,15,18);1-4,13-14H,5-8H2;1-4H,5-6,9-10H2;1-6H2,(H,8,9);1-4H2;4H,1-3H2. The summed E-state index contributed by atoms with van der Waals surface area (Å²) in [4.78, 5) is 100. The normalized spacial score (nSPS) is 11.2. The number of guanidine groups is 1. The van der Waals surface area contributed by atoms with E-state index in [-0.39, 0.29) is 92.8 Å². The highest BCUT2D eigenvalue weighted by Crippen LogP contribution is 2.13. The Labute approximate surface area is 654 Å². The number of nitrogens with zero attached hydrogens (tertiary/aromatic N) is 2. The fourth-order valence-corrected chi connectivity index (χ4v) is 9.11. The minimum absolute atomic E-state index is 0.0703. The van der Waals surface area contributed by atoms with E-state index in [0.717, 1.165) is 52.4 Å². The average molecular weight is 1550 g/mol. The molecule has 6 amide bonds. The fourth-order valence-electron chi connectivity index (χ4n) is 9.11. The van der Waals surface area contributed by atoms with E-state index in [1.54, 1.807) is 72.8 Å². The van der Waals surface area contributed by atoms with E-state index in [1.807, 2.05) is 72.8 Å². The lowest BCUT2D eigenvalue weighted by Crippen LogP contribution is -2.49. The summed E-state index contributed by atoms with van der Waals surface area (Å²) in [5.41, 5.74) is 62.3. The molecule has 2 heterocycles. The summed E-state index contributed by atoms with van der Waals surface area (Å²) in [6.45, 7) is 11.2. The summed E-state index contributed by atoms with van der Waals surface area (Å²) in [5, 5.41) is 52.9. The molecule has 0 spiro atoms. The predicted molar refractivity (Wildman–Crippen MR) is 433 cm³/mol. The third-order valence-corrected chi connectivity index (χ3v) is 15.2. The van der Waals surface area contributed by atoms with Gasteiger partial charge in [-0.3, -0.25) is 33.8 Å². The number of rotatable bonds is 30. The van der Waals surface area contributed by atoms with Crippen molar-refractivity contribution in [2.45, 2.75) is 52.1 Å². The molecule has 7 aromatic carbocycles. The highest BCUT2D eigenvalue weighted by Gasteiger charge is 2.18. The smallest absolute Gasteiger partial charge is 0.338 e. The van der Waals surface area contributed by atoms with Gasteiger partial charge in [-0.05, 0) is 143 Å². The van der Waals surface area contributed by atoms with Gasteiger partial charge in [-0.1, -0.05) is 72.8 Å². The lowest BCUT2D eigenvalue weighted by Gasteiger charge is -2.33. The van der Waals surface area contributed by atoms with E-state index >= 15 is 0 Å². The number of ether oxygens (including phenoxy) is 2. The van der Waals surface area contributed by atoms with Gasteiger partial charge in [0.1, 0.15) is 13.2 Å². The molecule has 33 nitrogen and oxygen atoms in total. The van der Waals surface area contributed by atoms with Crippen molar-refractivity contribution in [2.75, 3.05) is 131 Å². The minimum Gasteiger partial charge on any atom is -0.460 e. The van der Waals surface area contributed by atoms with Gasteiger partial charge in [0.05, 0.1) is 37.6 Å². The Hall–Kier alpha value is -11.0. The summed E-state index contributed by atoms with van der Waals surface area (Å²) >= 11 is 0. The highest BCUT2D eigenvalue weighted by molar-refractivity contribution is 6.00. The number of carbonyl (C=O) groups excluding carboxylic acids is 8. The first kappa shape index (κ1) is 97.1. The molecule has 0 aromatic heterocycles. The first-order chi connectivity index (χ1) is 54.3. The van der Waals surface area contributed by atoms with E-state index in [2.05, 4.69) is 47.1 Å². The Kier molecular flexibility index (Phi) is 52.7. The monoisotopic (exact) mass is 1550 g/mol. The van der Waals surface area contributed by atoms with E-state index in [0.29, 0.717) is 132 Å². The molecule has 0 aliphatic carbocycles. The van der Waals surface area contributed by atoms with Gasteiger partial charge in [-0.25, -0.2) is 9.59 Å². The maximum Gasteiger partial charge on any atom is 0.338 e. The zero-order valence-corrected chi connectivity index (χ0v) is 63.5. The van der Waals surface area contributed by atoms with Crippen molar-refractivity contribution in [3.63, 3.8) is 0 Å². The molecule has 0 radical (unpaired) electrons. The zero-order chi connectivity index (χ0) is 82.5. The van der Waals surface area contributed by atoms with Crippen LogP contribution in [0.3, 0.4) is 0 Å². The average Bonchev–Trinajstić information content (AvgIpc) is 0.869. The number of carbonyl (C=O) groups is 8. The summed E-state index contributed by atoms with van der Waals surface area (Å²) in [6, 6.07) is 48.5. The molecular formula is C79H115N19O14. The Bertz CT molecular complexity index is 3390. The SMILES string of the molecule is C1CN=C2NCCCN2C1.NCCN.NCCNC(=O)c1ccc(C(=O)NCCN)cc1.NCCNC(=O)c1ccc(C(=O)NCCO)cc1.NCCO.NCc1ccc(CN)cc1.NCc1ccc(CNC(=O)c2ccc(C(=O)NCc3ccc(CN)cc3)cc2)cc1.O=C(OCCO)c1ccc(C(=O)OCCO)cc1. The van der Waals surface area contributed by atoms with Crippen LogP contribution in [0.5, 0.6) is 0 Å². The van der Waals surface area contributed by atoms with Crippen molar-refractivity contribution >= 4 is 53.3 Å². The second-order valence-corrected chi connectivity index (χ2v) is 23.7. The molecule has 0 unspecified atom stereocenters. The number of aliphatic hydroxyl groups is 4. The van der Waals surface area contributed by atoms with E-state index < -0.39 is 11.9 Å². The number of amides is 6. The van der Waals surface area contributed by atoms with Crippen LogP contribution < -0.4 is 94.6 Å². The molecule has 7 aromatic rings. The van der Waals surface area contributed by atoms with E-state index in [4.69, 9.17) is 87.2 Å². The second kappa shape index (κ2) is 60.8. The molecule has 2 aliphatic heterocycles. The molecule has 1 fully saturated rings. The highest BCUT2D eigenvalue weighted by atomic mass is 16.5. The third kappa shape index (κ3) is 40.6. The van der Waals surface area contributed by atoms with Crippen molar-refractivity contribution in [1.29, 1.82) is 0 Å². The van der Waals surface area contributed by atoms with Crippen LogP contribution in [-0.4, -0.2) is 210 Å². The van der Waals surface area contributed by atoms with E-state index in [1.165, 1.54) is 50.2 Å². The number of nitrogens with two attached hydrogens (primary N) is 10. The van der Waals surface area contributed by atoms with Crippen LogP contribution in [0.15, 0.2) is 175 Å². The Morgan fingerprint density at radius 3 is 0.848 bits per heavy atom. The summed E-state index contributed by atoms with van der Waals surface area (Å²) in [5.74, 6) is -1.28. The van der Waals surface area contributed by atoms with Crippen LogP contribution in [0.25, 0.3) is 0 Å². The third-order valence-electron chi connectivity index (χ3n) is 15.2. The zero-order valence-electron chi connectivity index (χ0n) is 63.5. The summed E-state index contributed by atoms with van der Waals surface area (Å²) in [6.07, 6.45) is 2.49. The summed E-state index contributed by atoms with van der Waals surface area (Å²) < 4.78 is 9.41. The molecule has 9 rings (SSSR count). The number of benzene rings is 7. The molecule has 1 saturated heterocycles. The number of hydrogen-bond donors (Lipinski definition) is 21. The van der Waals surface area contributed by atoms with Gasteiger partial charge >= 0.3 is 11.9 Å². The Morgan fingerprint density at radius 2 is 0.598 bits per heavy atom. The van der Waals surface area contributed by atoms with Crippen LogP contribution in [0, 0.1) is 0 Å². The van der Waals surface area contributed by atoms with Gasteiger partial charge in [-0.15, -0.1) is 0 Å². The predicted octanol–water partition coefficient (Wildman–Crippen LogP) is -0.904. The van der Waals surface area contributed by atoms with Gasteiger partial charge in [0.2, 0.25) is 0 Å². The molecule has 31 N–H and O–H groups in total. The second-order valence-electron chi connectivity index (χ2n) is 23.7. The Morgan fingerprint density at radius 1 is 0.330 bits per heavy atom. The quantitative estimate of drug-likeness (QED) is 0.0243. The van der Waals surface area contributed by atoms with Crippen molar-refractivity contribution < 1.29 is 68.3 Å². The molecule has 0 bridgehead atoms. The van der Waals surface area contributed by atoms with Crippen molar-refractivity contribution in [3.05, 3.63) is 248 Å². The number of esters is 2. The molecule has 2 aliphatic rings. The van der Waals surface area contributed by atoms with Crippen LogP contribution in [0.1, 0.15) is 129 Å².